The van der Waals surface area contributed by atoms with Crippen molar-refractivity contribution >= 4 is 11.4 Å². The van der Waals surface area contributed by atoms with Gasteiger partial charge in [-0.1, -0.05) is 0 Å². The third-order valence-corrected chi connectivity index (χ3v) is 4.47. The van der Waals surface area contributed by atoms with E-state index in [9.17, 15) is 4.79 Å². The van der Waals surface area contributed by atoms with Gasteiger partial charge in [0.05, 0.1) is 5.56 Å². The van der Waals surface area contributed by atoms with Crippen molar-refractivity contribution in [1.82, 2.24) is 15.0 Å². The number of amides is 1. The second-order valence-corrected chi connectivity index (χ2v) is 5.67. The summed E-state index contributed by atoms with van der Waals surface area (Å²) in [4.78, 5) is 12.3. The Morgan fingerprint density at radius 2 is 2.26 bits per heavy atom. The Bertz CT molecular complexity index is 633. The van der Waals surface area contributed by atoms with Gasteiger partial charge in [0.15, 0.2) is 0 Å². The number of nitrogens with one attached hydrogen (secondary N) is 2. The number of piperidine rings is 1. The fourth-order valence-corrected chi connectivity index (χ4v) is 3.43. The highest BCUT2D eigenvalue weighted by atomic mass is 16.1. The molecule has 4 nitrogen and oxygen atoms in total. The molecule has 3 heterocycles. The van der Waals surface area contributed by atoms with Crippen molar-refractivity contribution < 1.29 is 4.79 Å². The molecule has 2 bridgehead atoms. The summed E-state index contributed by atoms with van der Waals surface area (Å²) in [5, 5.41) is 6.66. The Hall–Kier alpha value is -1.81. The lowest BCUT2D eigenvalue weighted by atomic mass is 10.0. The van der Waals surface area contributed by atoms with E-state index < -0.39 is 0 Å². The van der Waals surface area contributed by atoms with E-state index in [1.807, 2.05) is 41.1 Å². The molecule has 19 heavy (non-hydrogen) atoms. The van der Waals surface area contributed by atoms with Crippen LogP contribution in [0.3, 0.4) is 0 Å². The van der Waals surface area contributed by atoms with Crippen LogP contribution < -0.4 is 10.6 Å². The van der Waals surface area contributed by atoms with Crippen LogP contribution in [0.2, 0.25) is 0 Å². The van der Waals surface area contributed by atoms with Crippen LogP contribution in [0.4, 0.5) is 0 Å². The molecule has 1 amide bonds. The molecule has 1 aliphatic carbocycles. The summed E-state index contributed by atoms with van der Waals surface area (Å²) in [5.74, 6) is 0.664. The van der Waals surface area contributed by atoms with Gasteiger partial charge in [0.25, 0.3) is 5.91 Å². The van der Waals surface area contributed by atoms with Gasteiger partial charge < -0.3 is 15.0 Å². The number of hydrogen-bond donors (Lipinski definition) is 2. The second kappa shape index (κ2) is 4.10. The van der Waals surface area contributed by atoms with Gasteiger partial charge in [-0.15, -0.1) is 0 Å². The van der Waals surface area contributed by atoms with Crippen LogP contribution >= 0.6 is 0 Å². The minimum atomic E-state index is 0.0492. The Morgan fingerprint density at radius 1 is 1.32 bits per heavy atom. The predicted octanol–water partition coefficient (Wildman–Crippen LogP) is 1.42. The highest BCUT2D eigenvalue weighted by Crippen LogP contribution is 2.31. The lowest BCUT2D eigenvalue weighted by molar-refractivity contribution is 0.0924. The zero-order valence-electron chi connectivity index (χ0n) is 10.7. The molecule has 2 N–H and O–H groups in total. The fraction of sp³-hybridized carbons (Fsp3) is 0.400. The molecule has 0 radical (unpaired) electrons. The molecular formula is C15H17N3O. The van der Waals surface area contributed by atoms with Crippen molar-refractivity contribution in [1.29, 1.82) is 0 Å². The third-order valence-electron chi connectivity index (χ3n) is 4.47. The molecule has 0 aromatic carbocycles. The van der Waals surface area contributed by atoms with Gasteiger partial charge in [-0.3, -0.25) is 4.79 Å². The van der Waals surface area contributed by atoms with Crippen molar-refractivity contribution in [2.45, 2.75) is 24.9 Å². The Balaban J connectivity index is 1.53. The summed E-state index contributed by atoms with van der Waals surface area (Å²) in [7, 11) is 0. The molecular weight excluding hydrogens is 238 g/mol. The van der Waals surface area contributed by atoms with Crippen LogP contribution in [-0.4, -0.2) is 28.9 Å². The number of hydrogen-bond acceptors (Lipinski definition) is 2. The van der Waals surface area contributed by atoms with Crippen LogP contribution in [0.5, 0.6) is 0 Å². The Labute approximate surface area is 111 Å². The predicted molar refractivity (Wildman–Crippen MR) is 73.2 cm³/mol. The minimum Gasteiger partial charge on any atom is -0.349 e. The van der Waals surface area contributed by atoms with Crippen molar-refractivity contribution in [2.75, 3.05) is 6.54 Å². The number of pyridine rings is 1. The molecule has 2 aromatic rings. The zero-order valence-corrected chi connectivity index (χ0v) is 10.7. The van der Waals surface area contributed by atoms with Crippen LogP contribution in [-0.2, 0) is 0 Å². The Kier molecular flexibility index (Phi) is 2.38. The SMILES string of the molecule is O=C(NC1CC2CC1CN2)c1ccc2cccn2c1. The molecule has 2 aromatic heterocycles. The maximum atomic E-state index is 12.3. The number of fused-ring (bicyclic) bond motifs is 3. The quantitative estimate of drug-likeness (QED) is 0.852. The largest absolute Gasteiger partial charge is 0.349 e. The van der Waals surface area contributed by atoms with Crippen LogP contribution in [0, 0.1) is 5.92 Å². The van der Waals surface area contributed by atoms with Gasteiger partial charge in [-0.2, -0.15) is 0 Å². The molecule has 98 valence electrons. The number of rotatable bonds is 2. The van der Waals surface area contributed by atoms with E-state index in [0.29, 0.717) is 18.0 Å². The number of carbonyl (C=O) groups excluding carboxylic acids is 1. The monoisotopic (exact) mass is 255 g/mol. The number of carbonyl (C=O) groups is 1. The van der Waals surface area contributed by atoms with Crippen LogP contribution in [0.25, 0.3) is 5.52 Å². The summed E-state index contributed by atoms with van der Waals surface area (Å²) in [5.41, 5.74) is 1.85. The van der Waals surface area contributed by atoms with E-state index in [1.165, 1.54) is 6.42 Å². The van der Waals surface area contributed by atoms with Gasteiger partial charge in [0.2, 0.25) is 0 Å². The highest BCUT2D eigenvalue weighted by Gasteiger charge is 2.40. The average molecular weight is 255 g/mol. The lowest BCUT2D eigenvalue weighted by Crippen LogP contribution is -2.44. The zero-order chi connectivity index (χ0) is 12.8. The Morgan fingerprint density at radius 3 is 3.05 bits per heavy atom. The van der Waals surface area contributed by atoms with Gasteiger partial charge in [-0.05, 0) is 43.0 Å². The fourth-order valence-electron chi connectivity index (χ4n) is 3.43. The molecule has 3 unspecified atom stereocenters. The molecule has 1 saturated heterocycles. The lowest BCUT2D eigenvalue weighted by Gasteiger charge is -2.23. The second-order valence-electron chi connectivity index (χ2n) is 5.67. The smallest absolute Gasteiger partial charge is 0.253 e. The first kappa shape index (κ1) is 11.1. The van der Waals surface area contributed by atoms with Crippen molar-refractivity contribution in [3.63, 3.8) is 0 Å². The van der Waals surface area contributed by atoms with Gasteiger partial charge in [0, 0.05) is 36.5 Å². The van der Waals surface area contributed by atoms with E-state index >= 15 is 0 Å². The van der Waals surface area contributed by atoms with E-state index in [2.05, 4.69) is 10.6 Å². The van der Waals surface area contributed by atoms with Crippen LogP contribution in [0.15, 0.2) is 36.7 Å². The van der Waals surface area contributed by atoms with Gasteiger partial charge in [0.1, 0.15) is 0 Å². The van der Waals surface area contributed by atoms with Crippen molar-refractivity contribution in [3.05, 3.63) is 42.2 Å². The molecule has 2 aliphatic rings. The normalized spacial score (nSPS) is 28.9. The topological polar surface area (TPSA) is 45.5 Å². The molecule has 1 saturated carbocycles. The maximum absolute atomic E-state index is 12.3. The first-order valence-electron chi connectivity index (χ1n) is 6.90. The highest BCUT2D eigenvalue weighted by molar-refractivity contribution is 5.94. The average Bonchev–Trinajstić information content (AvgIpc) is 3.13. The van der Waals surface area contributed by atoms with E-state index in [1.54, 1.807) is 0 Å². The summed E-state index contributed by atoms with van der Waals surface area (Å²) in [6, 6.07) is 8.86. The maximum Gasteiger partial charge on any atom is 0.253 e. The van der Waals surface area contributed by atoms with E-state index in [-0.39, 0.29) is 5.91 Å². The first-order chi connectivity index (χ1) is 9.29. The summed E-state index contributed by atoms with van der Waals surface area (Å²) < 4.78 is 1.98. The summed E-state index contributed by atoms with van der Waals surface area (Å²) in [6.07, 6.45) is 6.15. The van der Waals surface area contributed by atoms with Crippen molar-refractivity contribution in [3.8, 4) is 0 Å². The molecule has 3 atom stereocenters. The van der Waals surface area contributed by atoms with Gasteiger partial charge in [-0.25, -0.2) is 0 Å². The molecule has 0 spiro atoms. The molecule has 4 heteroatoms. The van der Waals surface area contributed by atoms with Gasteiger partial charge >= 0.3 is 0 Å². The standard InChI is InChI=1S/C15H17N3O/c19-15(17-14-7-12-6-11(14)8-16-12)10-3-4-13-2-1-5-18(13)9-10/h1-5,9,11-12,14,16H,6-8H2,(H,17,19). The van der Waals surface area contributed by atoms with Crippen molar-refractivity contribution in [2.24, 2.45) is 5.92 Å². The molecule has 4 rings (SSSR count). The summed E-state index contributed by atoms with van der Waals surface area (Å²) in [6.45, 7) is 1.05. The van der Waals surface area contributed by atoms with E-state index in [0.717, 1.165) is 24.0 Å². The minimum absolute atomic E-state index is 0.0492. The molecule has 1 aliphatic heterocycles. The summed E-state index contributed by atoms with van der Waals surface area (Å²) >= 11 is 0. The van der Waals surface area contributed by atoms with Crippen LogP contribution in [0.1, 0.15) is 23.2 Å². The van der Waals surface area contributed by atoms with E-state index in [4.69, 9.17) is 0 Å². The first-order valence-corrected chi connectivity index (χ1v) is 6.90. The number of aromatic nitrogens is 1. The third kappa shape index (κ3) is 1.83. The number of nitrogens with zero attached hydrogens (tertiary/aromatic N) is 1. The molecule has 2 fully saturated rings.